The smallest absolute Gasteiger partial charge is 0.281 e. The van der Waals surface area contributed by atoms with Crippen molar-refractivity contribution in [2.45, 2.75) is 18.4 Å². The Morgan fingerprint density at radius 2 is 1.77 bits per heavy atom. The van der Waals surface area contributed by atoms with Gasteiger partial charge in [-0.3, -0.25) is 0 Å². The molecule has 118 valence electrons. The summed E-state index contributed by atoms with van der Waals surface area (Å²) in [6.07, 6.45) is -1.70. The zero-order chi connectivity index (χ0) is 16.2. The molecule has 2 nitrogen and oxygen atoms in total. The Bertz CT molecular complexity index is 614. The predicted molar refractivity (Wildman–Crippen MR) is 85.5 cm³/mol. The molecule has 5 heteroatoms. The van der Waals surface area contributed by atoms with Crippen molar-refractivity contribution >= 4 is 15.9 Å². The fourth-order valence-corrected chi connectivity index (χ4v) is 2.79. The molecule has 0 fully saturated rings. The van der Waals surface area contributed by atoms with E-state index in [1.807, 2.05) is 0 Å². The van der Waals surface area contributed by atoms with Crippen LogP contribution in [0.1, 0.15) is 17.2 Å². The summed E-state index contributed by atoms with van der Waals surface area (Å²) in [5.74, 6) is -2.40. The quantitative estimate of drug-likeness (QED) is 0.710. The van der Waals surface area contributed by atoms with Crippen LogP contribution in [0.3, 0.4) is 0 Å². The van der Waals surface area contributed by atoms with Crippen LogP contribution < -0.4 is 4.74 Å². The van der Waals surface area contributed by atoms with Gasteiger partial charge in [-0.2, -0.15) is 0 Å². The highest BCUT2D eigenvalue weighted by Crippen LogP contribution is 2.37. The Kier molecular flexibility index (Phi) is 5.53. The van der Waals surface area contributed by atoms with Gasteiger partial charge in [-0.25, -0.2) is 8.78 Å². The molecule has 0 saturated carbocycles. The molecule has 0 radical (unpaired) electrons. The zero-order valence-corrected chi connectivity index (χ0v) is 13.9. The Labute approximate surface area is 137 Å². The molecular formula is C17H17BrF2O2. The molecule has 2 rings (SSSR count). The number of alkyl halides is 2. The first-order valence-corrected chi connectivity index (χ1v) is 7.54. The van der Waals surface area contributed by atoms with Crippen molar-refractivity contribution in [3.8, 4) is 5.75 Å². The fraction of sp³-hybridized carbons (Fsp3) is 0.294. The molecule has 0 aliphatic rings. The maximum atomic E-state index is 14.6. The number of rotatable bonds is 6. The molecule has 0 aliphatic carbocycles. The lowest BCUT2D eigenvalue weighted by Crippen LogP contribution is -2.30. The second-order valence-corrected chi connectivity index (χ2v) is 5.87. The van der Waals surface area contributed by atoms with Gasteiger partial charge in [-0.05, 0) is 35.4 Å². The second-order valence-electron chi connectivity index (χ2n) is 4.96. The van der Waals surface area contributed by atoms with E-state index in [9.17, 15) is 8.78 Å². The predicted octanol–water partition coefficient (Wildman–Crippen LogP) is 5.02. The van der Waals surface area contributed by atoms with E-state index in [4.69, 9.17) is 9.47 Å². The summed E-state index contributed by atoms with van der Waals surface area (Å²) in [5, 5.41) is 0. The van der Waals surface area contributed by atoms with Gasteiger partial charge in [0.05, 0.1) is 7.11 Å². The third kappa shape index (κ3) is 4.05. The van der Waals surface area contributed by atoms with Gasteiger partial charge in [-0.1, -0.05) is 40.2 Å². The van der Waals surface area contributed by atoms with Gasteiger partial charge < -0.3 is 9.47 Å². The molecule has 0 bridgehead atoms. The van der Waals surface area contributed by atoms with E-state index < -0.39 is 18.4 Å². The van der Waals surface area contributed by atoms with Gasteiger partial charge in [0.2, 0.25) is 0 Å². The molecule has 0 amide bonds. The summed E-state index contributed by atoms with van der Waals surface area (Å²) in [6, 6.07) is 13.4. The van der Waals surface area contributed by atoms with Gasteiger partial charge in [0.1, 0.15) is 11.9 Å². The fourth-order valence-electron chi connectivity index (χ4n) is 2.34. The molecule has 2 aromatic carbocycles. The van der Waals surface area contributed by atoms with E-state index in [2.05, 4.69) is 15.9 Å². The minimum Gasteiger partial charge on any atom is -0.497 e. The maximum Gasteiger partial charge on any atom is 0.281 e. The summed E-state index contributed by atoms with van der Waals surface area (Å²) in [6.45, 7) is 0. The highest BCUT2D eigenvalue weighted by molar-refractivity contribution is 9.10. The standard InChI is InChI=1S/C17H17BrF2O2/c1-21-15-8-6-13(7-9-15)16(22-2)17(19,20)11-12-4-3-5-14(18)10-12/h3-10,16H,11H2,1-2H3. The average molecular weight is 371 g/mol. The van der Waals surface area contributed by atoms with Crippen LogP contribution in [-0.2, 0) is 11.2 Å². The molecule has 2 aromatic rings. The molecule has 0 aliphatic heterocycles. The van der Waals surface area contributed by atoms with Crippen LogP contribution in [-0.4, -0.2) is 20.1 Å². The first kappa shape index (κ1) is 16.9. The highest BCUT2D eigenvalue weighted by Gasteiger charge is 2.41. The van der Waals surface area contributed by atoms with E-state index in [0.717, 1.165) is 4.47 Å². The molecule has 0 aromatic heterocycles. The Morgan fingerprint density at radius 1 is 1.09 bits per heavy atom. The molecule has 0 spiro atoms. The van der Waals surface area contributed by atoms with Crippen molar-refractivity contribution in [1.82, 2.24) is 0 Å². The lowest BCUT2D eigenvalue weighted by atomic mass is 9.97. The van der Waals surface area contributed by atoms with Crippen LogP contribution in [0.15, 0.2) is 53.0 Å². The third-order valence-electron chi connectivity index (χ3n) is 3.37. The lowest BCUT2D eigenvalue weighted by Gasteiger charge is -2.26. The van der Waals surface area contributed by atoms with Gasteiger partial charge >= 0.3 is 0 Å². The largest absolute Gasteiger partial charge is 0.497 e. The topological polar surface area (TPSA) is 18.5 Å². The number of methoxy groups -OCH3 is 2. The normalized spacial score (nSPS) is 13.0. The van der Waals surface area contributed by atoms with Crippen molar-refractivity contribution in [2.24, 2.45) is 0 Å². The molecule has 1 unspecified atom stereocenters. The van der Waals surface area contributed by atoms with Crippen molar-refractivity contribution in [2.75, 3.05) is 14.2 Å². The van der Waals surface area contributed by atoms with Crippen LogP contribution in [0, 0.1) is 0 Å². The first-order valence-electron chi connectivity index (χ1n) is 6.75. The number of hydrogen-bond acceptors (Lipinski definition) is 2. The van der Waals surface area contributed by atoms with E-state index in [0.29, 0.717) is 16.9 Å². The molecular weight excluding hydrogens is 354 g/mol. The van der Waals surface area contributed by atoms with Crippen molar-refractivity contribution in [3.63, 3.8) is 0 Å². The van der Waals surface area contributed by atoms with E-state index >= 15 is 0 Å². The average Bonchev–Trinajstić information content (AvgIpc) is 2.48. The van der Waals surface area contributed by atoms with Crippen LogP contribution in [0.5, 0.6) is 5.75 Å². The summed E-state index contributed by atoms with van der Waals surface area (Å²) in [5.41, 5.74) is 0.971. The summed E-state index contributed by atoms with van der Waals surface area (Å²) in [7, 11) is 2.83. The van der Waals surface area contributed by atoms with Gasteiger partial charge in [0, 0.05) is 18.0 Å². The molecule has 1 atom stereocenters. The van der Waals surface area contributed by atoms with Gasteiger partial charge in [-0.15, -0.1) is 0 Å². The third-order valence-corrected chi connectivity index (χ3v) is 3.86. The van der Waals surface area contributed by atoms with Crippen molar-refractivity contribution in [3.05, 3.63) is 64.1 Å². The highest BCUT2D eigenvalue weighted by atomic mass is 79.9. The van der Waals surface area contributed by atoms with Crippen LogP contribution in [0.4, 0.5) is 8.78 Å². The Morgan fingerprint density at radius 3 is 2.32 bits per heavy atom. The Hall–Kier alpha value is -1.46. The van der Waals surface area contributed by atoms with Crippen LogP contribution in [0.2, 0.25) is 0 Å². The van der Waals surface area contributed by atoms with E-state index in [-0.39, 0.29) is 0 Å². The van der Waals surface area contributed by atoms with Crippen molar-refractivity contribution in [1.29, 1.82) is 0 Å². The monoisotopic (exact) mass is 370 g/mol. The van der Waals surface area contributed by atoms with E-state index in [1.54, 1.807) is 48.5 Å². The molecule has 22 heavy (non-hydrogen) atoms. The second kappa shape index (κ2) is 7.20. The minimum absolute atomic E-state index is 0.392. The van der Waals surface area contributed by atoms with E-state index in [1.165, 1.54) is 14.2 Å². The molecule has 0 heterocycles. The van der Waals surface area contributed by atoms with Crippen LogP contribution in [0.25, 0.3) is 0 Å². The molecule has 0 N–H and O–H groups in total. The van der Waals surface area contributed by atoms with Crippen LogP contribution >= 0.6 is 15.9 Å². The lowest BCUT2D eigenvalue weighted by molar-refractivity contribution is -0.126. The van der Waals surface area contributed by atoms with Crippen molar-refractivity contribution < 1.29 is 18.3 Å². The molecule has 0 saturated heterocycles. The summed E-state index contributed by atoms with van der Waals surface area (Å²) >= 11 is 3.29. The first-order chi connectivity index (χ1) is 10.5. The number of hydrogen-bond donors (Lipinski definition) is 0. The number of halogens is 3. The maximum absolute atomic E-state index is 14.6. The number of benzene rings is 2. The zero-order valence-electron chi connectivity index (χ0n) is 12.4. The van der Waals surface area contributed by atoms with Gasteiger partial charge in [0.25, 0.3) is 5.92 Å². The summed E-state index contributed by atoms with van der Waals surface area (Å²) in [4.78, 5) is 0. The minimum atomic E-state index is -3.02. The number of ether oxygens (including phenoxy) is 2. The van der Waals surface area contributed by atoms with Gasteiger partial charge in [0.15, 0.2) is 0 Å². The SMILES string of the molecule is COc1ccc(C(OC)C(F)(F)Cc2cccc(Br)c2)cc1. The Balaban J connectivity index is 2.23. The summed E-state index contributed by atoms with van der Waals surface area (Å²) < 4.78 is 40.1.